The van der Waals surface area contributed by atoms with E-state index in [4.69, 9.17) is 5.73 Å². The molecule has 0 saturated carbocycles. The first-order valence-electron chi connectivity index (χ1n) is 9.00. The molecule has 0 aromatic heterocycles. The lowest BCUT2D eigenvalue weighted by atomic mass is 10.2. The lowest BCUT2D eigenvalue weighted by Gasteiger charge is -2.06. The van der Waals surface area contributed by atoms with Gasteiger partial charge in [-0.15, -0.1) is 0 Å². The highest BCUT2D eigenvalue weighted by Crippen LogP contribution is 2.22. The largest absolute Gasteiger partial charge is 0.397 e. The maximum atomic E-state index is 12.0. The monoisotopic (exact) mass is 389 g/mol. The number of hydrogen-bond donors (Lipinski definition) is 3. The first kappa shape index (κ1) is 19.6. The summed E-state index contributed by atoms with van der Waals surface area (Å²) >= 11 is 1.58. The van der Waals surface area contributed by atoms with Gasteiger partial charge in [0.2, 0.25) is 5.91 Å². The third-order valence-electron chi connectivity index (χ3n) is 4.07. The van der Waals surface area contributed by atoms with Crippen LogP contribution in [0.1, 0.15) is 17.5 Å². The average molecular weight is 390 g/mol. The predicted octanol–water partition coefficient (Wildman–Crippen LogP) is 5.74. The van der Waals surface area contributed by atoms with Gasteiger partial charge in [0, 0.05) is 17.0 Å². The minimum Gasteiger partial charge on any atom is -0.397 e. The van der Waals surface area contributed by atoms with Crippen LogP contribution >= 0.6 is 11.9 Å². The predicted molar refractivity (Wildman–Crippen MR) is 120 cm³/mol. The van der Waals surface area contributed by atoms with Crippen LogP contribution in [0.4, 0.5) is 17.1 Å². The highest BCUT2D eigenvalue weighted by molar-refractivity contribution is 8.00. The van der Waals surface area contributed by atoms with Crippen LogP contribution in [0.3, 0.4) is 0 Å². The highest BCUT2D eigenvalue weighted by atomic mass is 32.2. The Morgan fingerprint density at radius 3 is 2.43 bits per heavy atom. The molecule has 3 aromatic carbocycles. The molecule has 4 N–H and O–H groups in total. The Labute approximate surface area is 170 Å². The van der Waals surface area contributed by atoms with Crippen molar-refractivity contribution >= 4 is 41.0 Å². The summed E-state index contributed by atoms with van der Waals surface area (Å²) in [5.74, 6) is -0.0954. The zero-order chi connectivity index (χ0) is 19.8. The normalized spacial score (nSPS) is 10.8. The standard InChI is InChI=1S/C23H23N3OS/c1-17-9-15-20(16-10-17)28-26-19-13-11-18(12-14-19)5-4-8-23(27)25-22-7-3-2-6-21(22)24/h2-7,9-16,26H,8,24H2,1H3,(H,25,27)/b5-4+. The summed E-state index contributed by atoms with van der Waals surface area (Å²) < 4.78 is 3.33. The topological polar surface area (TPSA) is 67.2 Å². The van der Waals surface area contributed by atoms with Crippen molar-refractivity contribution in [3.63, 3.8) is 0 Å². The lowest BCUT2D eigenvalue weighted by molar-refractivity contribution is -0.115. The van der Waals surface area contributed by atoms with Crippen molar-refractivity contribution in [2.24, 2.45) is 0 Å². The number of nitrogens with two attached hydrogens (primary N) is 1. The molecule has 0 aliphatic heterocycles. The fraction of sp³-hybridized carbons (Fsp3) is 0.0870. The van der Waals surface area contributed by atoms with Crippen molar-refractivity contribution < 1.29 is 4.79 Å². The minimum atomic E-state index is -0.0954. The maximum Gasteiger partial charge on any atom is 0.228 e. The number of nitrogen functional groups attached to an aromatic ring is 1. The summed E-state index contributed by atoms with van der Waals surface area (Å²) in [6, 6.07) is 23.7. The molecule has 0 radical (unpaired) electrons. The fourth-order valence-electron chi connectivity index (χ4n) is 2.50. The summed E-state index contributed by atoms with van der Waals surface area (Å²) in [7, 11) is 0. The Morgan fingerprint density at radius 2 is 1.71 bits per heavy atom. The third kappa shape index (κ3) is 5.93. The average Bonchev–Trinajstić information content (AvgIpc) is 2.70. The second-order valence-corrected chi connectivity index (χ2v) is 7.26. The molecule has 3 aromatic rings. The summed E-state index contributed by atoms with van der Waals surface area (Å²) in [6.45, 7) is 2.08. The Balaban J connectivity index is 1.47. The molecule has 142 valence electrons. The summed E-state index contributed by atoms with van der Waals surface area (Å²) in [6.07, 6.45) is 4.07. The maximum absolute atomic E-state index is 12.0. The van der Waals surface area contributed by atoms with Crippen LogP contribution < -0.4 is 15.8 Å². The van der Waals surface area contributed by atoms with Crippen molar-refractivity contribution in [1.82, 2.24) is 0 Å². The van der Waals surface area contributed by atoms with Gasteiger partial charge in [0.25, 0.3) is 0 Å². The van der Waals surface area contributed by atoms with Crippen molar-refractivity contribution in [2.45, 2.75) is 18.2 Å². The minimum absolute atomic E-state index is 0.0954. The molecular weight excluding hydrogens is 366 g/mol. The smallest absolute Gasteiger partial charge is 0.228 e. The number of nitrogens with one attached hydrogen (secondary N) is 2. The van der Waals surface area contributed by atoms with E-state index in [1.807, 2.05) is 48.6 Å². The number of hydrogen-bond acceptors (Lipinski definition) is 4. The molecule has 28 heavy (non-hydrogen) atoms. The van der Waals surface area contributed by atoms with E-state index in [0.29, 0.717) is 11.4 Å². The van der Waals surface area contributed by atoms with Gasteiger partial charge in [0.1, 0.15) is 0 Å². The van der Waals surface area contributed by atoms with E-state index in [2.05, 4.69) is 41.2 Å². The molecule has 0 spiro atoms. The quantitative estimate of drug-likeness (QED) is 0.356. The Morgan fingerprint density at radius 1 is 1.00 bits per heavy atom. The molecule has 0 saturated heterocycles. The van der Waals surface area contributed by atoms with Crippen LogP contribution in [-0.4, -0.2) is 5.91 Å². The second kappa shape index (κ2) is 9.67. The zero-order valence-electron chi connectivity index (χ0n) is 15.7. The lowest BCUT2D eigenvalue weighted by Crippen LogP contribution is -2.11. The third-order valence-corrected chi connectivity index (χ3v) is 4.91. The number of benzene rings is 3. The van der Waals surface area contributed by atoms with E-state index in [1.54, 1.807) is 24.1 Å². The van der Waals surface area contributed by atoms with Gasteiger partial charge in [-0.05, 0) is 60.8 Å². The van der Waals surface area contributed by atoms with Crippen molar-refractivity contribution in [3.05, 3.63) is 90.0 Å². The van der Waals surface area contributed by atoms with Crippen molar-refractivity contribution in [3.8, 4) is 0 Å². The number of amides is 1. The Bertz CT molecular complexity index is 950. The molecule has 5 heteroatoms. The van der Waals surface area contributed by atoms with Crippen LogP contribution in [0.25, 0.3) is 6.08 Å². The second-order valence-electron chi connectivity index (χ2n) is 6.38. The molecule has 0 atom stereocenters. The number of carbonyl (C=O) groups is 1. The molecule has 4 nitrogen and oxygen atoms in total. The molecule has 0 aliphatic carbocycles. The van der Waals surface area contributed by atoms with Gasteiger partial charge >= 0.3 is 0 Å². The van der Waals surface area contributed by atoms with E-state index >= 15 is 0 Å². The summed E-state index contributed by atoms with van der Waals surface area (Å²) in [5, 5.41) is 2.81. The molecule has 0 aliphatic rings. The molecule has 0 unspecified atom stereocenters. The van der Waals surface area contributed by atoms with E-state index in [-0.39, 0.29) is 12.3 Å². The van der Waals surface area contributed by atoms with Gasteiger partial charge in [-0.2, -0.15) is 0 Å². The number of para-hydroxylation sites is 2. The highest BCUT2D eigenvalue weighted by Gasteiger charge is 2.02. The van der Waals surface area contributed by atoms with Gasteiger partial charge in [-0.3, -0.25) is 4.79 Å². The Kier molecular flexibility index (Phi) is 6.76. The molecule has 1 amide bonds. The van der Waals surface area contributed by atoms with Crippen molar-refractivity contribution in [2.75, 3.05) is 15.8 Å². The van der Waals surface area contributed by atoms with Crippen LogP contribution in [0.5, 0.6) is 0 Å². The number of aryl methyl sites for hydroxylation is 1. The molecule has 0 heterocycles. The first-order valence-corrected chi connectivity index (χ1v) is 9.82. The summed E-state index contributed by atoms with van der Waals surface area (Å²) in [4.78, 5) is 13.2. The zero-order valence-corrected chi connectivity index (χ0v) is 16.5. The van der Waals surface area contributed by atoms with Gasteiger partial charge < -0.3 is 15.8 Å². The summed E-state index contributed by atoms with van der Waals surface area (Å²) in [5.41, 5.74) is 10.4. The number of anilines is 3. The van der Waals surface area contributed by atoms with E-state index in [0.717, 1.165) is 11.3 Å². The molecular formula is C23H23N3OS. The molecule has 0 fully saturated rings. The van der Waals surface area contributed by atoms with Crippen LogP contribution in [0.2, 0.25) is 0 Å². The van der Waals surface area contributed by atoms with E-state index in [1.165, 1.54) is 10.5 Å². The van der Waals surface area contributed by atoms with Crippen LogP contribution in [0, 0.1) is 6.92 Å². The Hall–Kier alpha value is -3.18. The van der Waals surface area contributed by atoms with Gasteiger partial charge in [-0.1, -0.05) is 54.1 Å². The first-order chi connectivity index (χ1) is 13.6. The van der Waals surface area contributed by atoms with Gasteiger partial charge in [0.05, 0.1) is 11.4 Å². The van der Waals surface area contributed by atoms with Gasteiger partial charge in [0.15, 0.2) is 0 Å². The van der Waals surface area contributed by atoms with Crippen LogP contribution in [-0.2, 0) is 4.79 Å². The van der Waals surface area contributed by atoms with E-state index in [9.17, 15) is 4.79 Å². The number of rotatable bonds is 7. The molecule has 3 rings (SSSR count). The van der Waals surface area contributed by atoms with Gasteiger partial charge in [-0.25, -0.2) is 0 Å². The SMILES string of the molecule is Cc1ccc(SNc2ccc(/C=C/CC(=O)Nc3ccccc3N)cc2)cc1. The van der Waals surface area contributed by atoms with Crippen LogP contribution in [0.15, 0.2) is 83.8 Å². The molecule has 0 bridgehead atoms. The number of carbonyl (C=O) groups excluding carboxylic acids is 1. The van der Waals surface area contributed by atoms with E-state index < -0.39 is 0 Å². The van der Waals surface area contributed by atoms with Crippen molar-refractivity contribution in [1.29, 1.82) is 0 Å². The fourth-order valence-corrected chi connectivity index (χ4v) is 3.14.